The van der Waals surface area contributed by atoms with Crippen molar-refractivity contribution in [2.75, 3.05) is 0 Å². The van der Waals surface area contributed by atoms with Gasteiger partial charge in [-0.25, -0.2) is 0 Å². The predicted molar refractivity (Wildman–Crippen MR) is 194 cm³/mol. The van der Waals surface area contributed by atoms with Gasteiger partial charge in [0.25, 0.3) is 0 Å². The van der Waals surface area contributed by atoms with E-state index in [0.29, 0.717) is 0 Å². The Morgan fingerprint density at radius 3 is 2.17 bits per heavy atom. The molecule has 0 N–H and O–H groups in total. The van der Waals surface area contributed by atoms with Crippen LogP contribution in [-0.4, -0.2) is 4.57 Å². The third kappa shape index (κ3) is 4.76. The lowest BCUT2D eigenvalue weighted by Crippen LogP contribution is -1.99. The number of hydrogen-bond donors (Lipinski definition) is 0. The summed E-state index contributed by atoms with van der Waals surface area (Å²) in [6, 6.07) is 47.6. The zero-order chi connectivity index (χ0) is 31.2. The molecule has 6 aromatic carbocycles. The van der Waals surface area contributed by atoms with E-state index < -0.39 is 0 Å². The van der Waals surface area contributed by atoms with Crippen molar-refractivity contribution >= 4 is 33.0 Å². The summed E-state index contributed by atoms with van der Waals surface area (Å²) in [5, 5.41) is 2.44. The molecule has 0 fully saturated rings. The molecule has 0 bridgehead atoms. The number of aryl methyl sites for hydroxylation is 2. The molecular weight excluding hydrogens is 558 g/mol. The largest absolute Gasteiger partial charge is 0.464 e. The van der Waals surface area contributed by atoms with Crippen LogP contribution in [0.3, 0.4) is 0 Å². The van der Waals surface area contributed by atoms with E-state index in [1.807, 2.05) is 6.26 Å². The van der Waals surface area contributed by atoms with Crippen LogP contribution >= 0.6 is 0 Å². The van der Waals surface area contributed by atoms with Crippen LogP contribution in [-0.2, 0) is 0 Å². The number of hydrogen-bond acceptors (Lipinski definition) is 1. The molecule has 46 heavy (non-hydrogen) atoms. The van der Waals surface area contributed by atoms with Crippen LogP contribution < -0.4 is 4.74 Å². The minimum Gasteiger partial charge on any atom is -0.464 e. The van der Waals surface area contributed by atoms with Crippen molar-refractivity contribution in [1.29, 1.82) is 0 Å². The molecule has 0 aliphatic carbocycles. The van der Waals surface area contributed by atoms with Crippen molar-refractivity contribution in [2.24, 2.45) is 0 Å². The van der Waals surface area contributed by atoms with E-state index in [9.17, 15) is 0 Å². The minimum atomic E-state index is 0.833. The fraction of sp³-hybridized carbons (Fsp3) is 0.0455. The summed E-state index contributed by atoms with van der Waals surface area (Å²) >= 11 is 0. The monoisotopic (exact) mass is 591 g/mol. The molecule has 0 amide bonds. The Bertz CT molecular complexity index is 2370. The summed E-state index contributed by atoms with van der Waals surface area (Å²) in [7, 11) is 0. The minimum absolute atomic E-state index is 0.833. The second kappa shape index (κ2) is 11.3. The highest BCUT2D eigenvalue weighted by Gasteiger charge is 2.19. The van der Waals surface area contributed by atoms with Gasteiger partial charge in [-0.3, -0.25) is 0 Å². The number of rotatable bonds is 4. The number of ether oxygens (including phenoxy) is 1. The molecule has 0 unspecified atom stereocenters. The molecule has 8 rings (SSSR count). The fourth-order valence-electron chi connectivity index (χ4n) is 6.77. The van der Waals surface area contributed by atoms with Crippen molar-refractivity contribution in [3.05, 3.63) is 181 Å². The maximum absolute atomic E-state index is 6.52. The summed E-state index contributed by atoms with van der Waals surface area (Å²) in [6.45, 7) is 8.81. The van der Waals surface area contributed by atoms with Gasteiger partial charge in [0, 0.05) is 27.6 Å². The number of fused-ring (bicyclic) bond motifs is 4. The van der Waals surface area contributed by atoms with E-state index in [2.05, 4.69) is 171 Å². The molecule has 0 saturated carbocycles. The second-order valence-electron chi connectivity index (χ2n) is 12.0. The maximum atomic E-state index is 6.52. The first-order valence-electron chi connectivity index (χ1n) is 15.7. The van der Waals surface area contributed by atoms with E-state index in [-0.39, 0.29) is 0 Å². The smallest absolute Gasteiger partial charge is 0.142 e. The van der Waals surface area contributed by atoms with Gasteiger partial charge in [-0.2, -0.15) is 0 Å². The first kappa shape index (κ1) is 27.7. The van der Waals surface area contributed by atoms with Crippen LogP contribution in [0.15, 0.2) is 158 Å². The first-order valence-corrected chi connectivity index (χ1v) is 15.7. The summed E-state index contributed by atoms with van der Waals surface area (Å²) in [5.74, 6) is 0.833. The van der Waals surface area contributed by atoms with E-state index in [1.165, 1.54) is 38.5 Å². The Kier molecular flexibility index (Phi) is 6.77. The van der Waals surface area contributed by atoms with Crippen molar-refractivity contribution in [3.63, 3.8) is 0 Å². The van der Waals surface area contributed by atoms with Gasteiger partial charge in [-0.15, -0.1) is 0 Å². The third-order valence-corrected chi connectivity index (χ3v) is 9.00. The Morgan fingerprint density at radius 2 is 1.33 bits per heavy atom. The van der Waals surface area contributed by atoms with E-state index in [4.69, 9.17) is 4.74 Å². The predicted octanol–water partition coefficient (Wildman–Crippen LogP) is 11.7. The standard InChI is InChI=1S/C44H33NO/c1-29-11-9-12-32(25-29)33-13-10-14-36(27-33)43-30(2)19-21-38-31(3)26-35(23-24-46-44(38)43)34-20-22-42-40(28-34)39-17-7-8-18-41(39)45(42)37-15-5-4-6-16-37/h4-28H,3H2,1-2H3/b24-23-,35-26+. The molecule has 1 aliphatic heterocycles. The van der Waals surface area contributed by atoms with Gasteiger partial charge in [0.15, 0.2) is 0 Å². The fourth-order valence-corrected chi connectivity index (χ4v) is 6.77. The normalized spacial score (nSPS) is 14.7. The number of para-hydroxylation sites is 2. The molecule has 1 aromatic heterocycles. The number of aromatic nitrogens is 1. The summed E-state index contributed by atoms with van der Waals surface area (Å²) in [6.07, 6.45) is 6.06. The van der Waals surface area contributed by atoms with E-state index >= 15 is 0 Å². The zero-order valence-corrected chi connectivity index (χ0v) is 26.0. The SMILES string of the molecule is C=C1/C=C(c2ccc3c(c2)c2ccccc2n3-c2ccccc2)\C=C/Oc2c1ccc(C)c2-c1cccc(-c2cccc(C)c2)c1. The molecule has 1 aliphatic rings. The quantitative estimate of drug-likeness (QED) is 0.199. The van der Waals surface area contributed by atoms with Gasteiger partial charge >= 0.3 is 0 Å². The van der Waals surface area contributed by atoms with Crippen LogP contribution in [0.1, 0.15) is 22.3 Å². The van der Waals surface area contributed by atoms with Gasteiger partial charge in [-0.1, -0.05) is 109 Å². The molecule has 0 spiro atoms. The number of benzene rings is 6. The van der Waals surface area contributed by atoms with E-state index in [0.717, 1.165) is 50.4 Å². The number of nitrogens with zero attached hydrogens (tertiary/aromatic N) is 1. The highest BCUT2D eigenvalue weighted by Crippen LogP contribution is 2.42. The van der Waals surface area contributed by atoms with Crippen LogP contribution in [0.4, 0.5) is 0 Å². The average Bonchev–Trinajstić information content (AvgIpc) is 3.41. The third-order valence-electron chi connectivity index (χ3n) is 9.00. The highest BCUT2D eigenvalue weighted by atomic mass is 16.5. The average molecular weight is 592 g/mol. The van der Waals surface area contributed by atoms with Crippen LogP contribution in [0.5, 0.6) is 5.75 Å². The molecule has 220 valence electrons. The molecule has 0 radical (unpaired) electrons. The molecule has 2 nitrogen and oxygen atoms in total. The van der Waals surface area contributed by atoms with Gasteiger partial charge in [0.1, 0.15) is 5.75 Å². The number of allylic oxidation sites excluding steroid dienone is 4. The van der Waals surface area contributed by atoms with Crippen LogP contribution in [0, 0.1) is 13.8 Å². The Labute approximate surface area is 269 Å². The molecule has 2 heterocycles. The van der Waals surface area contributed by atoms with E-state index in [1.54, 1.807) is 0 Å². The lowest BCUT2D eigenvalue weighted by Gasteiger charge is -2.20. The Balaban J connectivity index is 1.21. The molecule has 0 atom stereocenters. The second-order valence-corrected chi connectivity index (χ2v) is 12.0. The summed E-state index contributed by atoms with van der Waals surface area (Å²) in [5.41, 5.74) is 14.6. The summed E-state index contributed by atoms with van der Waals surface area (Å²) < 4.78 is 8.86. The van der Waals surface area contributed by atoms with Crippen LogP contribution in [0.25, 0.3) is 60.9 Å². The lowest BCUT2D eigenvalue weighted by atomic mass is 9.90. The van der Waals surface area contributed by atoms with Crippen molar-refractivity contribution < 1.29 is 4.74 Å². The summed E-state index contributed by atoms with van der Waals surface area (Å²) in [4.78, 5) is 0. The molecule has 2 heteroatoms. The Hall–Kier alpha value is -5.86. The topological polar surface area (TPSA) is 14.2 Å². The molecule has 0 saturated heterocycles. The highest BCUT2D eigenvalue weighted by molar-refractivity contribution is 6.10. The first-order chi connectivity index (χ1) is 22.5. The molecular formula is C44H33NO. The Morgan fingerprint density at radius 1 is 0.587 bits per heavy atom. The molecule has 7 aromatic rings. The van der Waals surface area contributed by atoms with Gasteiger partial charge in [0.2, 0.25) is 0 Å². The van der Waals surface area contributed by atoms with Crippen molar-refractivity contribution in [3.8, 4) is 33.7 Å². The van der Waals surface area contributed by atoms with Gasteiger partial charge in [0.05, 0.1) is 17.3 Å². The van der Waals surface area contributed by atoms with Gasteiger partial charge in [-0.05, 0) is 101 Å². The zero-order valence-electron chi connectivity index (χ0n) is 26.0. The van der Waals surface area contributed by atoms with Crippen LogP contribution in [0.2, 0.25) is 0 Å². The van der Waals surface area contributed by atoms with Crippen molar-refractivity contribution in [2.45, 2.75) is 13.8 Å². The maximum Gasteiger partial charge on any atom is 0.142 e. The van der Waals surface area contributed by atoms with Crippen molar-refractivity contribution in [1.82, 2.24) is 4.57 Å². The van der Waals surface area contributed by atoms with Gasteiger partial charge < -0.3 is 9.30 Å². The lowest BCUT2D eigenvalue weighted by molar-refractivity contribution is 0.481.